The predicted molar refractivity (Wildman–Crippen MR) is 131 cm³/mol. The maximum atomic E-state index is 13.1. The number of rotatable bonds is 6. The second kappa shape index (κ2) is 9.36. The Morgan fingerprint density at radius 1 is 0.871 bits per heavy atom. The molecular weight excluding hydrogens is 430 g/mol. The molecule has 0 bridgehead atoms. The van der Waals surface area contributed by atoms with Crippen molar-refractivity contribution in [2.75, 3.05) is 22.5 Å². The summed E-state index contributed by atoms with van der Waals surface area (Å²) >= 11 is 5.42. The summed E-state index contributed by atoms with van der Waals surface area (Å²) in [5.41, 5.74) is 4.69. The fraction of sp³-hybridized carbons (Fsp3) is 0.174. The lowest BCUT2D eigenvalue weighted by Gasteiger charge is -2.16. The molecule has 0 heterocycles. The number of ether oxygens (including phenoxy) is 1. The molecule has 0 aliphatic rings. The van der Waals surface area contributed by atoms with Crippen LogP contribution in [0.25, 0.3) is 0 Å². The van der Waals surface area contributed by atoms with Gasteiger partial charge in [-0.15, -0.1) is 0 Å². The zero-order chi connectivity index (χ0) is 22.6. The van der Waals surface area contributed by atoms with Gasteiger partial charge in [-0.1, -0.05) is 30.3 Å². The molecule has 162 valence electrons. The standard InChI is InChI=1S/C23H25N3O3S2/c1-15-8-7-10-19(17(15)3)25-23(30)24-18-13-12-16(2)22(14-18)31(27,28)26-20-9-5-6-11-21(20)29-4/h5-14,26H,1-4H3,(H2,24,25,30). The molecule has 3 N–H and O–H groups in total. The van der Waals surface area contributed by atoms with Crippen LogP contribution in [0.1, 0.15) is 16.7 Å². The first-order valence-electron chi connectivity index (χ1n) is 9.62. The Morgan fingerprint density at radius 3 is 2.32 bits per heavy atom. The molecule has 3 aromatic rings. The monoisotopic (exact) mass is 455 g/mol. The SMILES string of the molecule is COc1ccccc1NS(=O)(=O)c1cc(NC(=S)Nc2cccc(C)c2C)ccc1C. The quantitative estimate of drug-likeness (QED) is 0.442. The second-order valence-electron chi connectivity index (χ2n) is 7.11. The van der Waals surface area contributed by atoms with Crippen molar-refractivity contribution >= 4 is 44.4 Å². The number of thiocarbonyl (C=S) groups is 1. The van der Waals surface area contributed by atoms with E-state index in [1.54, 1.807) is 49.4 Å². The molecule has 0 saturated heterocycles. The minimum absolute atomic E-state index is 0.151. The minimum Gasteiger partial charge on any atom is -0.495 e. The van der Waals surface area contributed by atoms with Gasteiger partial charge in [-0.25, -0.2) is 8.42 Å². The van der Waals surface area contributed by atoms with Crippen molar-refractivity contribution in [3.63, 3.8) is 0 Å². The van der Waals surface area contributed by atoms with Crippen molar-refractivity contribution in [2.24, 2.45) is 0 Å². The number of aryl methyl sites for hydroxylation is 2. The molecule has 3 aromatic carbocycles. The van der Waals surface area contributed by atoms with Gasteiger partial charge in [0.1, 0.15) is 5.75 Å². The van der Waals surface area contributed by atoms with E-state index in [0.717, 1.165) is 16.8 Å². The van der Waals surface area contributed by atoms with Crippen LogP contribution in [0.15, 0.2) is 65.6 Å². The first kappa shape index (κ1) is 22.6. The average Bonchev–Trinajstić information content (AvgIpc) is 2.73. The third-order valence-electron chi connectivity index (χ3n) is 4.94. The van der Waals surface area contributed by atoms with Gasteiger partial charge in [0, 0.05) is 11.4 Å². The average molecular weight is 456 g/mol. The number of hydrogen-bond donors (Lipinski definition) is 3. The van der Waals surface area contributed by atoms with E-state index in [0.29, 0.717) is 27.8 Å². The normalized spacial score (nSPS) is 11.0. The number of hydrogen-bond acceptors (Lipinski definition) is 4. The van der Waals surface area contributed by atoms with Crippen LogP contribution >= 0.6 is 12.2 Å². The zero-order valence-electron chi connectivity index (χ0n) is 17.8. The smallest absolute Gasteiger partial charge is 0.262 e. The summed E-state index contributed by atoms with van der Waals surface area (Å²) in [6.45, 7) is 5.79. The van der Waals surface area contributed by atoms with Gasteiger partial charge < -0.3 is 15.4 Å². The van der Waals surface area contributed by atoms with Crippen LogP contribution in [0.2, 0.25) is 0 Å². The van der Waals surface area contributed by atoms with Crippen LogP contribution in [0.3, 0.4) is 0 Å². The summed E-state index contributed by atoms with van der Waals surface area (Å²) in [5, 5.41) is 6.61. The molecule has 0 spiro atoms. The predicted octanol–water partition coefficient (Wildman–Crippen LogP) is 5.23. The highest BCUT2D eigenvalue weighted by Crippen LogP contribution is 2.28. The fourth-order valence-corrected chi connectivity index (χ4v) is 4.64. The van der Waals surface area contributed by atoms with Crippen molar-refractivity contribution in [1.29, 1.82) is 0 Å². The van der Waals surface area contributed by atoms with Crippen LogP contribution in [-0.2, 0) is 10.0 Å². The number of benzene rings is 3. The van der Waals surface area contributed by atoms with Crippen molar-refractivity contribution in [2.45, 2.75) is 25.7 Å². The van der Waals surface area contributed by atoms with Gasteiger partial charge in [0.05, 0.1) is 17.7 Å². The van der Waals surface area contributed by atoms with E-state index in [9.17, 15) is 8.42 Å². The largest absolute Gasteiger partial charge is 0.495 e. The highest BCUT2D eigenvalue weighted by atomic mass is 32.2. The molecule has 0 amide bonds. The van der Waals surface area contributed by atoms with Gasteiger partial charge in [0.25, 0.3) is 10.0 Å². The Kier molecular flexibility index (Phi) is 6.82. The molecular formula is C23H25N3O3S2. The number of para-hydroxylation sites is 2. The van der Waals surface area contributed by atoms with Crippen molar-refractivity contribution in [1.82, 2.24) is 0 Å². The molecule has 6 nitrogen and oxygen atoms in total. The summed E-state index contributed by atoms with van der Waals surface area (Å²) < 4.78 is 34.0. The van der Waals surface area contributed by atoms with E-state index in [4.69, 9.17) is 17.0 Å². The summed E-state index contributed by atoms with van der Waals surface area (Å²) in [4.78, 5) is 0.151. The maximum Gasteiger partial charge on any atom is 0.262 e. The van der Waals surface area contributed by atoms with E-state index in [-0.39, 0.29) is 4.90 Å². The number of nitrogens with one attached hydrogen (secondary N) is 3. The molecule has 0 saturated carbocycles. The molecule has 3 rings (SSSR count). The summed E-state index contributed by atoms with van der Waals surface area (Å²) in [6.07, 6.45) is 0. The lowest BCUT2D eigenvalue weighted by atomic mass is 10.1. The van der Waals surface area contributed by atoms with Gasteiger partial charge in [0.2, 0.25) is 0 Å². The highest BCUT2D eigenvalue weighted by Gasteiger charge is 2.19. The van der Waals surface area contributed by atoms with E-state index in [1.165, 1.54) is 7.11 Å². The molecule has 31 heavy (non-hydrogen) atoms. The van der Waals surface area contributed by atoms with Crippen molar-refractivity contribution in [3.05, 3.63) is 77.4 Å². The van der Waals surface area contributed by atoms with E-state index >= 15 is 0 Å². The van der Waals surface area contributed by atoms with E-state index in [1.807, 2.05) is 32.0 Å². The third-order valence-corrected chi connectivity index (χ3v) is 6.65. The fourth-order valence-electron chi connectivity index (χ4n) is 3.07. The Labute approximate surface area is 188 Å². The van der Waals surface area contributed by atoms with Crippen LogP contribution in [0, 0.1) is 20.8 Å². The minimum atomic E-state index is -3.84. The summed E-state index contributed by atoms with van der Waals surface area (Å²) in [7, 11) is -2.35. The Morgan fingerprint density at radius 2 is 1.58 bits per heavy atom. The van der Waals surface area contributed by atoms with Crippen molar-refractivity contribution in [3.8, 4) is 5.75 Å². The van der Waals surface area contributed by atoms with Crippen LogP contribution in [0.4, 0.5) is 17.1 Å². The molecule has 0 atom stereocenters. The van der Waals surface area contributed by atoms with Gasteiger partial charge in [-0.05, 0) is 80.0 Å². The summed E-state index contributed by atoms with van der Waals surface area (Å²) in [5.74, 6) is 0.442. The van der Waals surface area contributed by atoms with E-state index < -0.39 is 10.0 Å². The van der Waals surface area contributed by atoms with Gasteiger partial charge in [0.15, 0.2) is 5.11 Å². The molecule has 0 unspecified atom stereocenters. The lowest BCUT2D eigenvalue weighted by Crippen LogP contribution is -2.20. The maximum absolute atomic E-state index is 13.1. The first-order valence-corrected chi connectivity index (χ1v) is 11.5. The topological polar surface area (TPSA) is 79.5 Å². The highest BCUT2D eigenvalue weighted by molar-refractivity contribution is 7.92. The molecule has 0 aliphatic carbocycles. The summed E-state index contributed by atoms with van der Waals surface area (Å²) in [6, 6.07) is 17.9. The Hall–Kier alpha value is -3.10. The van der Waals surface area contributed by atoms with Gasteiger partial charge in [-0.3, -0.25) is 4.72 Å². The first-order chi connectivity index (χ1) is 14.7. The zero-order valence-corrected chi connectivity index (χ0v) is 19.4. The second-order valence-corrected chi connectivity index (χ2v) is 9.17. The lowest BCUT2D eigenvalue weighted by molar-refractivity contribution is 0.417. The Bertz CT molecular complexity index is 1220. The van der Waals surface area contributed by atoms with Gasteiger partial charge >= 0.3 is 0 Å². The molecule has 0 radical (unpaired) electrons. The third kappa shape index (κ3) is 5.34. The molecule has 0 aromatic heterocycles. The molecule has 0 fully saturated rings. The number of methoxy groups -OCH3 is 1. The van der Waals surface area contributed by atoms with Crippen molar-refractivity contribution < 1.29 is 13.2 Å². The van der Waals surface area contributed by atoms with Crippen LogP contribution in [0.5, 0.6) is 5.75 Å². The number of anilines is 3. The van der Waals surface area contributed by atoms with Crippen LogP contribution in [-0.4, -0.2) is 20.6 Å². The Balaban J connectivity index is 1.82. The molecule has 0 aliphatic heterocycles. The van der Waals surface area contributed by atoms with Gasteiger partial charge in [-0.2, -0.15) is 0 Å². The van der Waals surface area contributed by atoms with Crippen LogP contribution < -0.4 is 20.1 Å². The molecule has 8 heteroatoms. The van der Waals surface area contributed by atoms with E-state index in [2.05, 4.69) is 15.4 Å². The number of sulfonamides is 1.